The van der Waals surface area contributed by atoms with Crippen molar-refractivity contribution in [2.45, 2.75) is 40.0 Å². The van der Waals surface area contributed by atoms with Crippen LogP contribution in [0.1, 0.15) is 37.6 Å². The number of nitrogens with one attached hydrogen (secondary N) is 1. The van der Waals surface area contributed by atoms with Gasteiger partial charge in [0.05, 0.1) is 5.69 Å². The molecule has 1 heterocycles. The first kappa shape index (κ1) is 15.0. The summed E-state index contributed by atoms with van der Waals surface area (Å²) < 4.78 is 1.09. The molecule has 0 saturated heterocycles. The van der Waals surface area contributed by atoms with Crippen LogP contribution >= 0.6 is 15.9 Å². The van der Waals surface area contributed by atoms with Gasteiger partial charge in [-0.3, -0.25) is 4.79 Å². The van der Waals surface area contributed by atoms with Crippen LogP contribution in [0.25, 0.3) is 11.4 Å². The molecular weight excluding hydrogens is 316 g/mol. The average Bonchev–Trinajstić information content (AvgIpc) is 2.33. The first-order valence-corrected chi connectivity index (χ1v) is 7.37. The van der Waals surface area contributed by atoms with Crippen LogP contribution in [0.3, 0.4) is 0 Å². The zero-order chi connectivity index (χ0) is 15.1. The van der Waals surface area contributed by atoms with Gasteiger partial charge in [0.25, 0.3) is 5.56 Å². The maximum atomic E-state index is 11.9. The summed E-state index contributed by atoms with van der Waals surface area (Å²) in [5, 5.41) is 0. The quantitative estimate of drug-likeness (QED) is 0.852. The molecule has 0 spiro atoms. The van der Waals surface area contributed by atoms with Crippen LogP contribution in [0.5, 0.6) is 0 Å². The lowest BCUT2D eigenvalue weighted by molar-refractivity contribution is 0.566. The minimum absolute atomic E-state index is 0.113. The Balaban J connectivity index is 2.65. The highest BCUT2D eigenvalue weighted by Gasteiger charge is 2.18. The minimum atomic E-state index is -0.150. The number of aromatic amines is 1. The molecule has 0 amide bonds. The summed E-state index contributed by atoms with van der Waals surface area (Å²) in [7, 11) is 0. The van der Waals surface area contributed by atoms with E-state index in [-0.39, 0.29) is 11.0 Å². The Hall–Kier alpha value is -1.42. The van der Waals surface area contributed by atoms with Gasteiger partial charge in [-0.15, -0.1) is 0 Å². The van der Waals surface area contributed by atoms with Crippen LogP contribution in [-0.4, -0.2) is 9.97 Å². The Morgan fingerprint density at radius 3 is 2.15 bits per heavy atom. The van der Waals surface area contributed by atoms with Crippen molar-refractivity contribution in [3.63, 3.8) is 0 Å². The molecule has 0 atom stereocenters. The molecule has 0 bridgehead atoms. The predicted molar refractivity (Wildman–Crippen MR) is 86.2 cm³/mol. The number of hydrogen-bond donors (Lipinski definition) is 1. The lowest BCUT2D eigenvalue weighted by atomic mass is 9.92. The van der Waals surface area contributed by atoms with Crippen molar-refractivity contribution in [1.29, 1.82) is 0 Å². The molecule has 0 aliphatic carbocycles. The first-order valence-electron chi connectivity index (χ1n) is 6.57. The Bertz CT molecular complexity index is 688. The van der Waals surface area contributed by atoms with Gasteiger partial charge < -0.3 is 4.98 Å². The van der Waals surface area contributed by atoms with E-state index in [0.29, 0.717) is 5.82 Å². The highest BCUT2D eigenvalue weighted by atomic mass is 79.9. The van der Waals surface area contributed by atoms with E-state index >= 15 is 0 Å². The summed E-state index contributed by atoms with van der Waals surface area (Å²) in [6.07, 6.45) is 0. The summed E-state index contributed by atoms with van der Waals surface area (Å²) in [4.78, 5) is 19.3. The smallest absolute Gasteiger partial charge is 0.251 e. The molecule has 20 heavy (non-hydrogen) atoms. The summed E-state index contributed by atoms with van der Waals surface area (Å²) in [5.41, 5.74) is 3.73. The molecular formula is C16H19BrN2O. The van der Waals surface area contributed by atoms with Crippen molar-refractivity contribution >= 4 is 15.9 Å². The van der Waals surface area contributed by atoms with E-state index < -0.39 is 0 Å². The zero-order valence-corrected chi connectivity index (χ0v) is 14.1. The Labute approximate surface area is 127 Å². The molecule has 0 unspecified atom stereocenters. The molecule has 1 aromatic carbocycles. The summed E-state index contributed by atoms with van der Waals surface area (Å²) >= 11 is 3.55. The number of aryl methyl sites for hydroxylation is 2. The summed E-state index contributed by atoms with van der Waals surface area (Å²) in [5.74, 6) is 0.626. The van der Waals surface area contributed by atoms with E-state index in [2.05, 4.69) is 46.7 Å². The van der Waals surface area contributed by atoms with Gasteiger partial charge in [0, 0.05) is 21.5 Å². The third kappa shape index (κ3) is 3.01. The maximum Gasteiger partial charge on any atom is 0.251 e. The second-order valence-electron chi connectivity index (χ2n) is 6.15. The van der Waals surface area contributed by atoms with E-state index in [1.165, 1.54) is 0 Å². The molecule has 0 radical (unpaired) electrons. The second kappa shape index (κ2) is 5.17. The van der Waals surface area contributed by atoms with Crippen LogP contribution in [0.2, 0.25) is 0 Å². The Morgan fingerprint density at radius 2 is 1.65 bits per heavy atom. The van der Waals surface area contributed by atoms with Crippen molar-refractivity contribution in [2.24, 2.45) is 0 Å². The largest absolute Gasteiger partial charge is 0.307 e. The van der Waals surface area contributed by atoms with Crippen molar-refractivity contribution in [1.82, 2.24) is 9.97 Å². The van der Waals surface area contributed by atoms with E-state index in [1.807, 2.05) is 26.0 Å². The number of halogens is 1. The highest BCUT2D eigenvalue weighted by Crippen LogP contribution is 2.27. The Kier molecular flexibility index (Phi) is 3.87. The number of aromatic nitrogens is 2. The number of nitrogens with zero attached hydrogens (tertiary/aromatic N) is 1. The van der Waals surface area contributed by atoms with E-state index in [0.717, 1.165) is 26.9 Å². The number of H-pyrrole nitrogens is 1. The third-order valence-electron chi connectivity index (χ3n) is 3.22. The number of rotatable bonds is 1. The van der Waals surface area contributed by atoms with Gasteiger partial charge in [0.2, 0.25) is 0 Å². The first-order chi connectivity index (χ1) is 9.18. The van der Waals surface area contributed by atoms with Gasteiger partial charge >= 0.3 is 0 Å². The van der Waals surface area contributed by atoms with E-state index in [1.54, 1.807) is 6.07 Å². The molecule has 0 saturated carbocycles. The maximum absolute atomic E-state index is 11.9. The Morgan fingerprint density at radius 1 is 1.10 bits per heavy atom. The van der Waals surface area contributed by atoms with Crippen molar-refractivity contribution in [3.05, 3.63) is 49.8 Å². The molecule has 3 nitrogen and oxygen atoms in total. The molecule has 2 rings (SSSR count). The number of benzene rings is 1. The summed E-state index contributed by atoms with van der Waals surface area (Å²) in [6.45, 7) is 10.2. The van der Waals surface area contributed by atoms with Crippen molar-refractivity contribution in [3.8, 4) is 11.4 Å². The number of hydrogen-bond acceptors (Lipinski definition) is 2. The van der Waals surface area contributed by atoms with Crippen LogP contribution in [0.15, 0.2) is 27.5 Å². The fourth-order valence-electron chi connectivity index (χ4n) is 2.06. The molecule has 0 aliphatic heterocycles. The zero-order valence-electron chi connectivity index (χ0n) is 12.5. The second-order valence-corrected chi connectivity index (χ2v) is 6.95. The van der Waals surface area contributed by atoms with E-state index in [9.17, 15) is 4.79 Å². The van der Waals surface area contributed by atoms with Crippen LogP contribution in [-0.2, 0) is 5.41 Å². The van der Waals surface area contributed by atoms with Crippen LogP contribution in [0, 0.1) is 13.8 Å². The van der Waals surface area contributed by atoms with Crippen LogP contribution < -0.4 is 5.56 Å². The molecule has 0 aliphatic rings. The molecule has 0 fully saturated rings. The normalized spacial score (nSPS) is 11.7. The molecule has 1 aromatic heterocycles. The van der Waals surface area contributed by atoms with Gasteiger partial charge in [-0.1, -0.05) is 36.7 Å². The van der Waals surface area contributed by atoms with Gasteiger partial charge in [-0.2, -0.15) is 0 Å². The van der Waals surface area contributed by atoms with Gasteiger partial charge in [0.15, 0.2) is 0 Å². The van der Waals surface area contributed by atoms with Gasteiger partial charge in [-0.05, 0) is 37.1 Å². The monoisotopic (exact) mass is 334 g/mol. The topological polar surface area (TPSA) is 45.8 Å². The molecule has 2 aromatic rings. The van der Waals surface area contributed by atoms with Gasteiger partial charge in [0.1, 0.15) is 5.82 Å². The molecule has 4 heteroatoms. The average molecular weight is 335 g/mol. The molecule has 1 N–H and O–H groups in total. The highest BCUT2D eigenvalue weighted by molar-refractivity contribution is 9.10. The lowest BCUT2D eigenvalue weighted by Crippen LogP contribution is -2.19. The van der Waals surface area contributed by atoms with Crippen LogP contribution in [0.4, 0.5) is 0 Å². The fourth-order valence-corrected chi connectivity index (χ4v) is 2.29. The van der Waals surface area contributed by atoms with Gasteiger partial charge in [-0.25, -0.2) is 4.98 Å². The fraction of sp³-hybridized carbons (Fsp3) is 0.375. The van der Waals surface area contributed by atoms with E-state index in [4.69, 9.17) is 0 Å². The third-order valence-corrected chi connectivity index (χ3v) is 4.47. The summed E-state index contributed by atoms with van der Waals surface area (Å²) in [6, 6.07) is 5.63. The van der Waals surface area contributed by atoms with Crippen molar-refractivity contribution in [2.75, 3.05) is 0 Å². The SMILES string of the molecule is Cc1cc(-c2nc(C(C)(C)C)cc(=O)[nH]2)cc(C)c1Br. The lowest BCUT2D eigenvalue weighted by Gasteiger charge is -2.18. The standard InChI is InChI=1S/C16H19BrN2O/c1-9-6-11(7-10(2)14(9)17)15-18-12(16(3,4)5)8-13(20)19-15/h6-8H,1-5H3,(H,18,19,20). The predicted octanol–water partition coefficient (Wildman–Crippen LogP) is 4.11. The minimum Gasteiger partial charge on any atom is -0.307 e. The molecule has 106 valence electrons. The van der Waals surface area contributed by atoms with Crippen molar-refractivity contribution < 1.29 is 0 Å².